The van der Waals surface area contributed by atoms with Gasteiger partial charge in [-0.05, 0) is 94.1 Å². The highest BCUT2D eigenvalue weighted by molar-refractivity contribution is 5.75. The zero-order chi connectivity index (χ0) is 29.1. The molecule has 1 fully saturated rings. The monoisotopic (exact) mass is 540 g/mol. The van der Waals surface area contributed by atoms with Crippen molar-refractivity contribution in [3.05, 3.63) is 143 Å². The van der Waals surface area contributed by atoms with Gasteiger partial charge in [0.15, 0.2) is 0 Å². The number of fused-ring (bicyclic) bond motifs is 1. The first-order chi connectivity index (χ1) is 19.9. The minimum Gasteiger partial charge on any atom is -0.0995 e. The van der Waals surface area contributed by atoms with Gasteiger partial charge in [0.2, 0.25) is 0 Å². The van der Waals surface area contributed by atoms with Crippen LogP contribution in [0.15, 0.2) is 120 Å². The highest BCUT2D eigenvalue weighted by Crippen LogP contribution is 2.57. The van der Waals surface area contributed by atoms with Crippen molar-refractivity contribution < 1.29 is 0 Å². The molecular weight excluding hydrogens is 492 g/mol. The summed E-state index contributed by atoms with van der Waals surface area (Å²) in [6.07, 6.45) is 17.1. The largest absolute Gasteiger partial charge is 0.0995 e. The van der Waals surface area contributed by atoms with Crippen LogP contribution >= 0.6 is 0 Å². The zero-order valence-corrected chi connectivity index (χ0v) is 25.8. The molecule has 0 spiro atoms. The zero-order valence-electron chi connectivity index (χ0n) is 25.8. The van der Waals surface area contributed by atoms with E-state index in [4.69, 9.17) is 6.58 Å². The van der Waals surface area contributed by atoms with E-state index in [0.717, 1.165) is 44.9 Å². The fourth-order valence-electron chi connectivity index (χ4n) is 7.70. The van der Waals surface area contributed by atoms with Crippen LogP contribution in [0.5, 0.6) is 0 Å². The lowest BCUT2D eigenvalue weighted by Gasteiger charge is -2.42. The standard InChI is InChI=1S/C41H48/c1-8-13-27(4)33-19-21-34(22-20-33)35-18-17-31(24-35)25-36-26-37-23-29(6)39(28(5)14-9-2)41(40(37)30(36)7)38-16-12-11-15-32(38)10-3/h11-12,15-23,25,29,39-41H,4-5,7-10,13-14,24,26H2,1-3,6H3/b36-25-. The average molecular weight is 541 g/mol. The van der Waals surface area contributed by atoms with Crippen LogP contribution in [-0.2, 0) is 6.42 Å². The lowest BCUT2D eigenvalue weighted by molar-refractivity contribution is 0.321. The minimum absolute atomic E-state index is 0.363. The van der Waals surface area contributed by atoms with Crippen molar-refractivity contribution in [3.8, 4) is 0 Å². The Hall–Kier alpha value is -3.38. The van der Waals surface area contributed by atoms with Crippen LogP contribution < -0.4 is 0 Å². The molecule has 0 bridgehead atoms. The van der Waals surface area contributed by atoms with Gasteiger partial charge >= 0.3 is 0 Å². The Morgan fingerprint density at radius 2 is 1.63 bits per heavy atom. The maximum absolute atomic E-state index is 4.79. The van der Waals surface area contributed by atoms with E-state index in [2.05, 4.69) is 114 Å². The maximum atomic E-state index is 4.79. The number of benzene rings is 2. The number of rotatable bonds is 10. The summed E-state index contributed by atoms with van der Waals surface area (Å²) in [5.41, 5.74) is 15.3. The second kappa shape index (κ2) is 12.6. The van der Waals surface area contributed by atoms with Gasteiger partial charge in [-0.3, -0.25) is 0 Å². The molecule has 1 saturated carbocycles. The predicted octanol–water partition coefficient (Wildman–Crippen LogP) is 11.6. The average Bonchev–Trinajstić information content (AvgIpc) is 3.56. The van der Waals surface area contributed by atoms with Gasteiger partial charge in [0.1, 0.15) is 0 Å². The van der Waals surface area contributed by atoms with Gasteiger partial charge in [0, 0.05) is 11.8 Å². The second-order valence-corrected chi connectivity index (χ2v) is 12.5. The summed E-state index contributed by atoms with van der Waals surface area (Å²) in [6, 6.07) is 18.1. The molecule has 0 aliphatic heterocycles. The number of aryl methyl sites for hydroxylation is 1. The fraction of sp³-hybridized carbons (Fsp3) is 0.366. The highest BCUT2D eigenvalue weighted by atomic mass is 14.5. The lowest BCUT2D eigenvalue weighted by Crippen LogP contribution is -2.32. The van der Waals surface area contributed by atoms with Crippen LogP contribution in [0, 0.1) is 17.8 Å². The van der Waals surface area contributed by atoms with Crippen LogP contribution in [-0.4, -0.2) is 0 Å². The van der Waals surface area contributed by atoms with Crippen molar-refractivity contribution in [2.75, 3.05) is 0 Å². The van der Waals surface area contributed by atoms with Crippen LogP contribution in [0.4, 0.5) is 0 Å². The van der Waals surface area contributed by atoms with E-state index < -0.39 is 0 Å². The summed E-state index contributed by atoms with van der Waals surface area (Å²) < 4.78 is 0. The van der Waals surface area contributed by atoms with E-state index in [1.54, 1.807) is 5.57 Å². The molecule has 3 aliphatic carbocycles. The van der Waals surface area contributed by atoms with E-state index in [9.17, 15) is 0 Å². The summed E-state index contributed by atoms with van der Waals surface area (Å²) in [4.78, 5) is 0. The third-order valence-electron chi connectivity index (χ3n) is 9.68. The molecule has 0 amide bonds. The first-order valence-electron chi connectivity index (χ1n) is 15.9. The van der Waals surface area contributed by atoms with Crippen LogP contribution in [0.2, 0.25) is 0 Å². The molecule has 0 aromatic heterocycles. The van der Waals surface area contributed by atoms with Crippen molar-refractivity contribution in [1.29, 1.82) is 0 Å². The number of hydrogen-bond donors (Lipinski definition) is 0. The Labute approximate surface area is 249 Å². The molecule has 0 saturated heterocycles. The van der Waals surface area contributed by atoms with Crippen molar-refractivity contribution in [2.45, 2.75) is 78.6 Å². The van der Waals surface area contributed by atoms with E-state index >= 15 is 0 Å². The summed E-state index contributed by atoms with van der Waals surface area (Å²) in [7, 11) is 0. The molecule has 5 rings (SSSR count). The van der Waals surface area contributed by atoms with Crippen LogP contribution in [0.1, 0.15) is 94.4 Å². The van der Waals surface area contributed by atoms with Crippen molar-refractivity contribution in [3.63, 3.8) is 0 Å². The topological polar surface area (TPSA) is 0 Å². The van der Waals surface area contributed by atoms with Crippen molar-refractivity contribution in [1.82, 2.24) is 0 Å². The molecule has 0 N–H and O–H groups in total. The van der Waals surface area contributed by atoms with Gasteiger partial charge in [0.25, 0.3) is 0 Å². The van der Waals surface area contributed by atoms with Gasteiger partial charge in [0.05, 0.1) is 0 Å². The predicted molar refractivity (Wildman–Crippen MR) is 180 cm³/mol. The van der Waals surface area contributed by atoms with E-state index in [0.29, 0.717) is 23.7 Å². The van der Waals surface area contributed by atoms with Gasteiger partial charge in [-0.25, -0.2) is 0 Å². The summed E-state index contributed by atoms with van der Waals surface area (Å²) in [6.45, 7) is 22.9. The van der Waals surface area contributed by atoms with Gasteiger partial charge in [-0.2, -0.15) is 0 Å². The van der Waals surface area contributed by atoms with Crippen molar-refractivity contribution >= 4 is 11.1 Å². The fourth-order valence-corrected chi connectivity index (χ4v) is 7.70. The number of hydrogen-bond acceptors (Lipinski definition) is 0. The Morgan fingerprint density at radius 1 is 0.902 bits per heavy atom. The first kappa shape index (κ1) is 29.1. The quantitative estimate of drug-likeness (QED) is 0.263. The van der Waals surface area contributed by atoms with Gasteiger partial charge < -0.3 is 0 Å². The maximum Gasteiger partial charge on any atom is 0.0123 e. The van der Waals surface area contributed by atoms with Crippen LogP contribution in [0.3, 0.4) is 0 Å². The molecule has 0 radical (unpaired) electrons. The Bertz CT molecular complexity index is 1450. The van der Waals surface area contributed by atoms with E-state index in [-0.39, 0.29) is 0 Å². The molecule has 3 aliphatic rings. The molecule has 2 aromatic rings. The van der Waals surface area contributed by atoms with Crippen LogP contribution in [0.25, 0.3) is 11.1 Å². The summed E-state index contributed by atoms with van der Waals surface area (Å²) in [5.74, 6) is 1.70. The van der Waals surface area contributed by atoms with E-state index in [1.807, 2.05) is 0 Å². The smallest absolute Gasteiger partial charge is 0.0123 e. The summed E-state index contributed by atoms with van der Waals surface area (Å²) in [5, 5.41) is 0. The Morgan fingerprint density at radius 3 is 2.34 bits per heavy atom. The third-order valence-corrected chi connectivity index (χ3v) is 9.68. The van der Waals surface area contributed by atoms with Gasteiger partial charge in [-0.1, -0.05) is 144 Å². The first-order valence-corrected chi connectivity index (χ1v) is 15.9. The number of allylic oxidation sites excluding steroid dienone is 11. The molecule has 0 nitrogen and oxygen atoms in total. The molecule has 41 heavy (non-hydrogen) atoms. The van der Waals surface area contributed by atoms with E-state index in [1.165, 1.54) is 55.7 Å². The molecule has 4 unspecified atom stereocenters. The molecule has 2 aromatic carbocycles. The Balaban J connectivity index is 1.40. The normalized spacial score (nSPS) is 24.6. The Kier molecular flexibility index (Phi) is 8.98. The lowest BCUT2D eigenvalue weighted by atomic mass is 9.61. The summed E-state index contributed by atoms with van der Waals surface area (Å²) >= 11 is 0. The molecule has 0 heterocycles. The second-order valence-electron chi connectivity index (χ2n) is 12.5. The molecular formula is C41H48. The molecule has 4 atom stereocenters. The minimum atomic E-state index is 0.363. The third kappa shape index (κ3) is 5.85. The SMILES string of the molecule is C=C(CCC)c1ccc(C2=CC=C(/C=C3/CC4=CC(C)C(C(=C)CCC)C(c5ccccc5CC)C4C3=C)C2)cc1. The van der Waals surface area contributed by atoms with Gasteiger partial charge in [-0.15, -0.1) is 0 Å². The van der Waals surface area contributed by atoms with Crippen molar-refractivity contribution in [2.24, 2.45) is 17.8 Å². The molecule has 0 heteroatoms. The molecule has 212 valence electrons. The highest BCUT2D eigenvalue weighted by Gasteiger charge is 2.45.